The summed E-state index contributed by atoms with van der Waals surface area (Å²) in [4.78, 5) is 19.5. The largest absolute Gasteiger partial charge is 0.360 e. The monoisotopic (exact) mass is 402 g/mol. The number of amides is 1. The van der Waals surface area contributed by atoms with Crippen LogP contribution in [0, 0.1) is 6.92 Å². The molecule has 2 aromatic heterocycles. The lowest BCUT2D eigenvalue weighted by Gasteiger charge is -2.32. The average molecular weight is 403 g/mol. The predicted molar refractivity (Wildman–Crippen MR) is 107 cm³/mol. The van der Waals surface area contributed by atoms with Crippen LogP contribution in [0.3, 0.4) is 0 Å². The molecule has 3 aromatic rings. The van der Waals surface area contributed by atoms with E-state index in [0.717, 1.165) is 31.1 Å². The van der Waals surface area contributed by atoms with Crippen molar-refractivity contribution in [2.45, 2.75) is 25.8 Å². The van der Waals surface area contributed by atoms with E-state index in [1.54, 1.807) is 24.3 Å². The third-order valence-electron chi connectivity index (χ3n) is 4.74. The smallest absolute Gasteiger partial charge is 0.257 e. The molecule has 4 rings (SSSR count). The fraction of sp³-hybridized carbons (Fsp3) is 0.316. The maximum Gasteiger partial charge on any atom is 0.257 e. The van der Waals surface area contributed by atoms with Crippen molar-refractivity contribution in [1.29, 1.82) is 0 Å². The van der Waals surface area contributed by atoms with Crippen molar-refractivity contribution >= 4 is 34.0 Å². The molecular weight excluding hydrogens is 384 g/mol. The Hall–Kier alpha value is -2.38. The number of thiazole rings is 1. The van der Waals surface area contributed by atoms with Gasteiger partial charge in [0, 0.05) is 36.3 Å². The fourth-order valence-electron chi connectivity index (χ4n) is 3.32. The number of halogens is 1. The second-order valence-electron chi connectivity index (χ2n) is 6.49. The molecule has 27 heavy (non-hydrogen) atoms. The van der Waals surface area contributed by atoms with Crippen LogP contribution < -0.4 is 10.2 Å². The van der Waals surface area contributed by atoms with Crippen LogP contribution in [0.15, 0.2) is 40.4 Å². The van der Waals surface area contributed by atoms with Gasteiger partial charge in [-0.15, -0.1) is 11.3 Å². The maximum absolute atomic E-state index is 12.9. The number of carbonyl (C=O) groups excluding carboxylic acids is 1. The third kappa shape index (κ3) is 3.70. The summed E-state index contributed by atoms with van der Waals surface area (Å²) < 4.78 is 5.30. The number of rotatable bonds is 4. The number of carbonyl (C=O) groups is 1. The summed E-state index contributed by atoms with van der Waals surface area (Å²) in [6, 6.07) is 7.43. The van der Waals surface area contributed by atoms with E-state index in [-0.39, 0.29) is 11.9 Å². The lowest BCUT2D eigenvalue weighted by molar-refractivity contribution is 0.0930. The van der Waals surface area contributed by atoms with Crippen molar-refractivity contribution in [3.05, 3.63) is 52.2 Å². The minimum atomic E-state index is -0.170. The molecule has 1 aliphatic rings. The van der Waals surface area contributed by atoms with E-state index in [1.807, 2.05) is 29.8 Å². The lowest BCUT2D eigenvalue weighted by Crippen LogP contribution is -2.44. The zero-order valence-corrected chi connectivity index (χ0v) is 16.4. The molecule has 0 saturated carbocycles. The Kier molecular flexibility index (Phi) is 5.13. The van der Waals surface area contributed by atoms with Crippen molar-refractivity contribution in [2.24, 2.45) is 0 Å². The van der Waals surface area contributed by atoms with E-state index in [1.165, 1.54) is 0 Å². The first-order valence-electron chi connectivity index (χ1n) is 8.80. The molecule has 1 saturated heterocycles. The number of hydrogen-bond donors (Lipinski definition) is 1. The van der Waals surface area contributed by atoms with Gasteiger partial charge in [-0.1, -0.05) is 35.0 Å². The van der Waals surface area contributed by atoms with Crippen LogP contribution in [0.5, 0.6) is 0 Å². The van der Waals surface area contributed by atoms with E-state index >= 15 is 0 Å². The molecule has 1 N–H and O–H groups in total. The van der Waals surface area contributed by atoms with Crippen molar-refractivity contribution in [1.82, 2.24) is 15.5 Å². The van der Waals surface area contributed by atoms with Gasteiger partial charge in [0.15, 0.2) is 5.13 Å². The van der Waals surface area contributed by atoms with Gasteiger partial charge in [-0.05, 0) is 25.8 Å². The molecule has 0 aliphatic carbocycles. The maximum atomic E-state index is 12.9. The first-order valence-corrected chi connectivity index (χ1v) is 10.1. The fourth-order valence-corrected chi connectivity index (χ4v) is 4.24. The highest BCUT2D eigenvalue weighted by Gasteiger charge is 2.27. The second-order valence-corrected chi connectivity index (χ2v) is 7.77. The molecule has 0 atom stereocenters. The first-order chi connectivity index (χ1) is 13.1. The van der Waals surface area contributed by atoms with Gasteiger partial charge in [0.25, 0.3) is 5.91 Å². The van der Waals surface area contributed by atoms with Gasteiger partial charge < -0.3 is 14.7 Å². The van der Waals surface area contributed by atoms with E-state index in [4.69, 9.17) is 16.1 Å². The Morgan fingerprint density at radius 2 is 2.11 bits per heavy atom. The van der Waals surface area contributed by atoms with Gasteiger partial charge in [0.2, 0.25) is 0 Å². The summed E-state index contributed by atoms with van der Waals surface area (Å²) in [6.45, 7) is 3.49. The minimum Gasteiger partial charge on any atom is -0.360 e. The number of aromatic nitrogens is 2. The molecule has 6 nitrogen and oxygen atoms in total. The number of benzene rings is 1. The van der Waals surface area contributed by atoms with E-state index in [0.29, 0.717) is 27.6 Å². The van der Waals surface area contributed by atoms with Gasteiger partial charge in [-0.3, -0.25) is 4.79 Å². The Balaban J connectivity index is 1.47. The molecule has 0 bridgehead atoms. The summed E-state index contributed by atoms with van der Waals surface area (Å²) in [7, 11) is 0. The zero-order chi connectivity index (χ0) is 18.8. The topological polar surface area (TPSA) is 71.3 Å². The average Bonchev–Trinajstić information content (AvgIpc) is 3.33. The number of anilines is 1. The molecule has 140 valence electrons. The normalized spacial score (nSPS) is 15.1. The standard InChI is InChI=1S/C19H19ClN4O2S/c1-12-16(17(23-26-12)14-4-2-3-5-15(14)20)18(25)22-13-6-9-24(10-7-13)19-21-8-11-27-19/h2-5,8,11,13H,6-7,9-10H2,1H3,(H,22,25). The number of nitrogens with zero attached hydrogens (tertiary/aromatic N) is 3. The van der Waals surface area contributed by atoms with Crippen LogP contribution in [0.2, 0.25) is 5.02 Å². The predicted octanol–water partition coefficient (Wildman–Crippen LogP) is 4.16. The molecule has 0 spiro atoms. The Morgan fingerprint density at radius 1 is 1.33 bits per heavy atom. The molecule has 1 fully saturated rings. The molecular formula is C19H19ClN4O2S. The highest BCUT2D eigenvalue weighted by atomic mass is 35.5. The molecule has 0 radical (unpaired) electrons. The number of aryl methyl sites for hydroxylation is 1. The molecule has 1 aromatic carbocycles. The quantitative estimate of drug-likeness (QED) is 0.709. The van der Waals surface area contributed by atoms with E-state index < -0.39 is 0 Å². The zero-order valence-electron chi connectivity index (χ0n) is 14.8. The summed E-state index contributed by atoms with van der Waals surface area (Å²) >= 11 is 7.92. The molecule has 8 heteroatoms. The van der Waals surface area contributed by atoms with Gasteiger partial charge >= 0.3 is 0 Å². The summed E-state index contributed by atoms with van der Waals surface area (Å²) in [5.74, 6) is 0.319. The molecule has 1 aliphatic heterocycles. The first kappa shape index (κ1) is 18.0. The van der Waals surface area contributed by atoms with Crippen molar-refractivity contribution in [3.8, 4) is 11.3 Å². The molecule has 3 heterocycles. The van der Waals surface area contributed by atoms with Crippen LogP contribution in [0.1, 0.15) is 29.0 Å². The highest BCUT2D eigenvalue weighted by molar-refractivity contribution is 7.13. The van der Waals surface area contributed by atoms with Gasteiger partial charge in [0.1, 0.15) is 17.0 Å². The van der Waals surface area contributed by atoms with Crippen LogP contribution in [-0.2, 0) is 0 Å². The third-order valence-corrected chi connectivity index (χ3v) is 5.90. The SMILES string of the molecule is Cc1onc(-c2ccccc2Cl)c1C(=O)NC1CCN(c2nccs2)CC1. The van der Waals surface area contributed by atoms with Crippen molar-refractivity contribution in [2.75, 3.05) is 18.0 Å². The lowest BCUT2D eigenvalue weighted by atomic mass is 10.0. The molecule has 0 unspecified atom stereocenters. The van der Waals surface area contributed by atoms with Crippen molar-refractivity contribution < 1.29 is 9.32 Å². The summed E-state index contributed by atoms with van der Waals surface area (Å²) in [5.41, 5.74) is 1.63. The van der Waals surface area contributed by atoms with E-state index in [2.05, 4.69) is 20.4 Å². The van der Waals surface area contributed by atoms with E-state index in [9.17, 15) is 4.79 Å². The van der Waals surface area contributed by atoms with Crippen LogP contribution in [0.4, 0.5) is 5.13 Å². The van der Waals surface area contributed by atoms with Crippen LogP contribution >= 0.6 is 22.9 Å². The van der Waals surface area contributed by atoms with Gasteiger partial charge in [-0.2, -0.15) is 0 Å². The van der Waals surface area contributed by atoms with Gasteiger partial charge in [0.05, 0.1) is 5.02 Å². The Morgan fingerprint density at radius 3 is 2.81 bits per heavy atom. The van der Waals surface area contributed by atoms with Crippen LogP contribution in [-0.4, -0.2) is 35.2 Å². The molecule has 1 amide bonds. The number of piperidine rings is 1. The Labute approximate surface area is 166 Å². The summed E-state index contributed by atoms with van der Waals surface area (Å²) in [5, 5.41) is 10.8. The summed E-state index contributed by atoms with van der Waals surface area (Å²) in [6.07, 6.45) is 3.56. The minimum absolute atomic E-state index is 0.113. The van der Waals surface area contributed by atoms with Crippen molar-refractivity contribution in [3.63, 3.8) is 0 Å². The van der Waals surface area contributed by atoms with Gasteiger partial charge in [-0.25, -0.2) is 4.98 Å². The number of hydrogen-bond acceptors (Lipinski definition) is 6. The second kappa shape index (κ2) is 7.70. The van der Waals surface area contributed by atoms with Crippen LogP contribution in [0.25, 0.3) is 11.3 Å². The highest BCUT2D eigenvalue weighted by Crippen LogP contribution is 2.31. The Bertz CT molecular complexity index is 933. The number of nitrogens with one attached hydrogen (secondary N) is 1.